The average Bonchev–Trinajstić information content (AvgIpc) is 3.03. The molecule has 0 amide bonds. The first-order valence-corrected chi connectivity index (χ1v) is 5.72. The molecule has 2 rings (SSSR count). The number of phenols is 2. The van der Waals surface area contributed by atoms with E-state index in [1.54, 1.807) is 19.1 Å². The minimum atomic E-state index is 0.246. The summed E-state index contributed by atoms with van der Waals surface area (Å²) < 4.78 is 5.16. The van der Waals surface area contributed by atoms with Gasteiger partial charge in [-0.3, -0.25) is 0 Å². The van der Waals surface area contributed by atoms with Crippen LogP contribution in [0.5, 0.6) is 11.5 Å². The predicted octanol–water partition coefficient (Wildman–Crippen LogP) is 2.69. The summed E-state index contributed by atoms with van der Waals surface area (Å²) in [4.78, 5) is 0. The van der Waals surface area contributed by atoms with E-state index >= 15 is 0 Å². The van der Waals surface area contributed by atoms with Crippen molar-refractivity contribution in [2.75, 3.05) is 6.61 Å². The van der Waals surface area contributed by atoms with Crippen LogP contribution in [0.25, 0.3) is 0 Å². The smallest absolute Gasteiger partial charge is 0.119 e. The van der Waals surface area contributed by atoms with Crippen LogP contribution < -0.4 is 0 Å². The first-order valence-electron chi connectivity index (χ1n) is 5.72. The molecule has 2 N–H and O–H groups in total. The zero-order valence-electron chi connectivity index (χ0n) is 9.73. The quantitative estimate of drug-likeness (QED) is 0.608. The van der Waals surface area contributed by atoms with Crippen molar-refractivity contribution >= 4 is 0 Å². The molecule has 1 aliphatic heterocycles. The minimum absolute atomic E-state index is 0.246. The second-order valence-corrected chi connectivity index (χ2v) is 4.63. The first-order chi connectivity index (χ1) is 7.58. The monoisotopic (exact) mass is 222 g/mol. The molecule has 1 aromatic carbocycles. The molecular formula is C13H18O3. The fourth-order valence-corrected chi connectivity index (χ4v) is 1.92. The highest BCUT2D eigenvalue weighted by Crippen LogP contribution is 2.35. The summed E-state index contributed by atoms with van der Waals surface area (Å²) in [6, 6.07) is 3.29. The molecule has 0 aromatic heterocycles. The van der Waals surface area contributed by atoms with Crippen molar-refractivity contribution in [3.63, 3.8) is 0 Å². The third-order valence-electron chi connectivity index (χ3n) is 3.20. The van der Waals surface area contributed by atoms with Gasteiger partial charge in [0.2, 0.25) is 0 Å². The molecule has 88 valence electrons. The Hall–Kier alpha value is -1.22. The number of ether oxygens (including phenoxy) is 1. The Balaban J connectivity index is 2.08. The molecule has 0 radical (unpaired) electrons. The third-order valence-corrected chi connectivity index (χ3v) is 3.20. The van der Waals surface area contributed by atoms with Crippen LogP contribution in [0.15, 0.2) is 12.1 Å². The van der Waals surface area contributed by atoms with Gasteiger partial charge in [-0.1, -0.05) is 6.92 Å². The van der Waals surface area contributed by atoms with Crippen molar-refractivity contribution in [1.29, 1.82) is 0 Å². The zero-order chi connectivity index (χ0) is 11.7. The van der Waals surface area contributed by atoms with Crippen LogP contribution >= 0.6 is 0 Å². The lowest BCUT2D eigenvalue weighted by Gasteiger charge is -2.14. The molecule has 3 heteroatoms. The molecule has 1 saturated heterocycles. The van der Waals surface area contributed by atoms with Crippen molar-refractivity contribution in [3.05, 3.63) is 23.3 Å². The summed E-state index contributed by atoms with van der Waals surface area (Å²) in [5, 5.41) is 19.5. The fraction of sp³-hybridized carbons (Fsp3) is 0.538. The van der Waals surface area contributed by atoms with Gasteiger partial charge in [0.05, 0.1) is 12.7 Å². The van der Waals surface area contributed by atoms with Crippen molar-refractivity contribution in [2.45, 2.75) is 38.7 Å². The molecule has 0 spiro atoms. The molecule has 2 atom stereocenters. The van der Waals surface area contributed by atoms with Crippen LogP contribution in [0.4, 0.5) is 0 Å². The number of aromatic hydroxyl groups is 2. The van der Waals surface area contributed by atoms with E-state index in [0.29, 0.717) is 11.7 Å². The summed E-state index contributed by atoms with van der Waals surface area (Å²) in [5.41, 5.74) is 1.53. The van der Waals surface area contributed by atoms with Crippen LogP contribution in [-0.2, 0) is 4.74 Å². The Labute approximate surface area is 95.7 Å². The highest BCUT2D eigenvalue weighted by Gasteiger charge is 2.23. The number of hydrogen-bond donors (Lipinski definition) is 2. The van der Waals surface area contributed by atoms with Gasteiger partial charge in [-0.25, -0.2) is 0 Å². The normalized spacial score (nSPS) is 20.8. The van der Waals surface area contributed by atoms with E-state index < -0.39 is 0 Å². The first kappa shape index (κ1) is 11.3. The Morgan fingerprint density at radius 2 is 2.06 bits per heavy atom. The van der Waals surface area contributed by atoms with Crippen molar-refractivity contribution in [2.24, 2.45) is 0 Å². The van der Waals surface area contributed by atoms with Gasteiger partial charge in [0, 0.05) is 5.56 Å². The van der Waals surface area contributed by atoms with Crippen LogP contribution in [-0.4, -0.2) is 22.9 Å². The Morgan fingerprint density at radius 3 is 2.69 bits per heavy atom. The molecular weight excluding hydrogens is 204 g/mol. The molecule has 0 aliphatic carbocycles. The van der Waals surface area contributed by atoms with Crippen LogP contribution in [0, 0.1) is 6.92 Å². The Kier molecular flexibility index (Phi) is 3.06. The average molecular weight is 222 g/mol. The molecule has 3 nitrogen and oxygen atoms in total. The lowest BCUT2D eigenvalue weighted by Crippen LogP contribution is -1.97. The van der Waals surface area contributed by atoms with E-state index in [-0.39, 0.29) is 17.4 Å². The molecule has 1 aliphatic rings. The van der Waals surface area contributed by atoms with Crippen LogP contribution in [0.1, 0.15) is 36.8 Å². The second kappa shape index (κ2) is 4.34. The summed E-state index contributed by atoms with van der Waals surface area (Å²) in [7, 11) is 0. The lowest BCUT2D eigenvalue weighted by molar-refractivity contribution is 0.383. The van der Waals surface area contributed by atoms with Gasteiger partial charge in [-0.2, -0.15) is 0 Å². The van der Waals surface area contributed by atoms with E-state index in [1.807, 2.05) is 0 Å². The molecule has 16 heavy (non-hydrogen) atoms. The van der Waals surface area contributed by atoms with Crippen LogP contribution in [0.2, 0.25) is 0 Å². The molecule has 1 aromatic rings. The third kappa shape index (κ3) is 2.47. The minimum Gasteiger partial charge on any atom is -0.508 e. The fourth-order valence-electron chi connectivity index (χ4n) is 1.92. The predicted molar refractivity (Wildman–Crippen MR) is 61.9 cm³/mol. The maximum Gasteiger partial charge on any atom is 0.119 e. The maximum atomic E-state index is 9.82. The molecule has 0 saturated carbocycles. The SMILES string of the molecule is Cc1cc(O)c([C@H](C)CC[C@@H]2CO2)cc1O. The van der Waals surface area contributed by atoms with E-state index in [2.05, 4.69) is 6.92 Å². The van der Waals surface area contributed by atoms with E-state index in [4.69, 9.17) is 4.74 Å². The number of rotatable bonds is 4. The molecule has 0 bridgehead atoms. The second-order valence-electron chi connectivity index (χ2n) is 4.63. The standard InChI is InChI=1S/C13H18O3/c1-8(3-4-10-7-16-10)11-6-12(14)9(2)5-13(11)15/h5-6,8,10,14-15H,3-4,7H2,1-2H3/t8-,10-/m1/s1. The summed E-state index contributed by atoms with van der Waals surface area (Å²) in [6.07, 6.45) is 2.42. The van der Waals surface area contributed by atoms with E-state index in [1.165, 1.54) is 0 Å². The number of hydrogen-bond acceptors (Lipinski definition) is 3. The van der Waals surface area contributed by atoms with Gasteiger partial charge < -0.3 is 14.9 Å². The van der Waals surface area contributed by atoms with Crippen molar-refractivity contribution in [3.8, 4) is 11.5 Å². The summed E-state index contributed by atoms with van der Waals surface area (Å²) in [6.45, 7) is 4.71. The van der Waals surface area contributed by atoms with Crippen LogP contribution in [0.3, 0.4) is 0 Å². The van der Waals surface area contributed by atoms with Gasteiger partial charge in [0.15, 0.2) is 0 Å². The Morgan fingerprint density at radius 1 is 1.38 bits per heavy atom. The van der Waals surface area contributed by atoms with Gasteiger partial charge in [0.25, 0.3) is 0 Å². The number of aryl methyl sites for hydroxylation is 1. The summed E-state index contributed by atoms with van der Waals surface area (Å²) in [5.74, 6) is 0.775. The highest BCUT2D eigenvalue weighted by atomic mass is 16.6. The van der Waals surface area contributed by atoms with Gasteiger partial charge in [-0.05, 0) is 43.4 Å². The van der Waals surface area contributed by atoms with E-state index in [9.17, 15) is 10.2 Å². The van der Waals surface area contributed by atoms with Crippen molar-refractivity contribution in [1.82, 2.24) is 0 Å². The lowest BCUT2D eigenvalue weighted by atomic mass is 9.93. The maximum absolute atomic E-state index is 9.82. The van der Waals surface area contributed by atoms with Gasteiger partial charge in [0.1, 0.15) is 11.5 Å². The zero-order valence-corrected chi connectivity index (χ0v) is 9.73. The molecule has 0 unspecified atom stereocenters. The van der Waals surface area contributed by atoms with E-state index in [0.717, 1.165) is 25.0 Å². The topological polar surface area (TPSA) is 53.0 Å². The van der Waals surface area contributed by atoms with Crippen molar-refractivity contribution < 1.29 is 14.9 Å². The highest BCUT2D eigenvalue weighted by molar-refractivity contribution is 5.45. The van der Waals surface area contributed by atoms with Gasteiger partial charge >= 0.3 is 0 Å². The largest absolute Gasteiger partial charge is 0.508 e. The molecule has 1 heterocycles. The number of epoxide rings is 1. The van der Waals surface area contributed by atoms with Gasteiger partial charge in [-0.15, -0.1) is 0 Å². The molecule has 1 fully saturated rings. The number of benzene rings is 1. The summed E-state index contributed by atoms with van der Waals surface area (Å²) >= 11 is 0. The Bertz CT molecular complexity index is 383. The number of phenolic OH excluding ortho intramolecular Hbond substituents is 2.